The van der Waals surface area contributed by atoms with Gasteiger partial charge in [-0.25, -0.2) is 0 Å². The van der Waals surface area contributed by atoms with Crippen molar-refractivity contribution in [3.63, 3.8) is 0 Å². The molecule has 14 heavy (non-hydrogen) atoms. The number of primary amides is 1. The van der Waals surface area contributed by atoms with Gasteiger partial charge < -0.3 is 5.73 Å². The van der Waals surface area contributed by atoms with Gasteiger partial charge in [0.25, 0.3) is 0 Å². The summed E-state index contributed by atoms with van der Waals surface area (Å²) in [5, 5.41) is 0. The summed E-state index contributed by atoms with van der Waals surface area (Å²) in [7, 11) is 0. The number of nitrogens with two attached hydrogens (primary N) is 1. The molecule has 0 radical (unpaired) electrons. The van der Waals surface area contributed by atoms with Gasteiger partial charge in [-0.1, -0.05) is 42.5 Å². The summed E-state index contributed by atoms with van der Waals surface area (Å²) in [5.41, 5.74) is 6.66. The van der Waals surface area contributed by atoms with Crippen LogP contribution in [0, 0.1) is 0 Å². The standard InChI is InChI=1S/C12H13NO/c1-2-3-9-11(12(13)14)10-7-5-4-6-8-10/h2,4-9H,1,3H2,(H2,13,14). The van der Waals surface area contributed by atoms with E-state index in [1.165, 1.54) is 0 Å². The Morgan fingerprint density at radius 2 is 2.00 bits per heavy atom. The third-order valence-corrected chi connectivity index (χ3v) is 1.84. The molecule has 2 nitrogen and oxygen atoms in total. The van der Waals surface area contributed by atoms with Crippen LogP contribution in [0.25, 0.3) is 5.57 Å². The maximum Gasteiger partial charge on any atom is 0.248 e. The zero-order chi connectivity index (χ0) is 10.4. The van der Waals surface area contributed by atoms with Crippen molar-refractivity contribution in [2.45, 2.75) is 6.42 Å². The van der Waals surface area contributed by atoms with Gasteiger partial charge in [0.05, 0.1) is 0 Å². The van der Waals surface area contributed by atoms with Crippen molar-refractivity contribution >= 4 is 11.5 Å². The summed E-state index contributed by atoms with van der Waals surface area (Å²) in [6.07, 6.45) is 4.16. The molecule has 1 aromatic carbocycles. The number of amides is 1. The summed E-state index contributed by atoms with van der Waals surface area (Å²) in [5.74, 6) is -0.405. The van der Waals surface area contributed by atoms with Gasteiger partial charge in [0.1, 0.15) is 0 Å². The van der Waals surface area contributed by atoms with Gasteiger partial charge in [-0.15, -0.1) is 6.58 Å². The first-order valence-electron chi connectivity index (χ1n) is 4.42. The average Bonchev–Trinajstić information content (AvgIpc) is 2.19. The molecular weight excluding hydrogens is 174 g/mol. The number of hydrogen-bond donors (Lipinski definition) is 1. The van der Waals surface area contributed by atoms with Crippen molar-refractivity contribution in [3.05, 3.63) is 54.6 Å². The Kier molecular flexibility index (Phi) is 3.68. The normalized spacial score (nSPS) is 11.0. The minimum Gasteiger partial charge on any atom is -0.366 e. The zero-order valence-electron chi connectivity index (χ0n) is 7.94. The van der Waals surface area contributed by atoms with Crippen LogP contribution < -0.4 is 5.73 Å². The third kappa shape index (κ3) is 2.59. The van der Waals surface area contributed by atoms with Crippen molar-refractivity contribution in [1.29, 1.82) is 0 Å². The molecule has 72 valence electrons. The second-order valence-electron chi connectivity index (χ2n) is 2.87. The van der Waals surface area contributed by atoms with E-state index >= 15 is 0 Å². The molecule has 0 heterocycles. The zero-order valence-corrected chi connectivity index (χ0v) is 7.94. The summed E-state index contributed by atoms with van der Waals surface area (Å²) < 4.78 is 0. The number of benzene rings is 1. The molecule has 1 aromatic rings. The van der Waals surface area contributed by atoms with E-state index in [2.05, 4.69) is 6.58 Å². The highest BCUT2D eigenvalue weighted by Gasteiger charge is 2.05. The second kappa shape index (κ2) is 5.02. The Morgan fingerprint density at radius 1 is 1.36 bits per heavy atom. The van der Waals surface area contributed by atoms with Crippen molar-refractivity contribution in [2.75, 3.05) is 0 Å². The van der Waals surface area contributed by atoms with Gasteiger partial charge in [-0.05, 0) is 12.0 Å². The molecule has 0 saturated carbocycles. The van der Waals surface area contributed by atoms with Crippen LogP contribution in [0.3, 0.4) is 0 Å². The van der Waals surface area contributed by atoms with E-state index in [1.807, 2.05) is 30.3 Å². The largest absolute Gasteiger partial charge is 0.366 e. The quantitative estimate of drug-likeness (QED) is 0.569. The predicted octanol–water partition coefficient (Wildman–Crippen LogP) is 2.13. The van der Waals surface area contributed by atoms with E-state index in [9.17, 15) is 4.79 Å². The van der Waals surface area contributed by atoms with Crippen LogP contribution >= 0.6 is 0 Å². The van der Waals surface area contributed by atoms with Crippen LogP contribution in [0.5, 0.6) is 0 Å². The highest BCUT2D eigenvalue weighted by atomic mass is 16.1. The van der Waals surface area contributed by atoms with Crippen LogP contribution in [-0.4, -0.2) is 5.91 Å². The number of allylic oxidation sites excluding steroid dienone is 2. The van der Waals surface area contributed by atoms with E-state index in [1.54, 1.807) is 12.2 Å². The summed E-state index contributed by atoms with van der Waals surface area (Å²) in [4.78, 5) is 11.1. The van der Waals surface area contributed by atoms with E-state index in [4.69, 9.17) is 5.73 Å². The lowest BCUT2D eigenvalue weighted by Crippen LogP contribution is -2.12. The highest BCUT2D eigenvalue weighted by molar-refractivity contribution is 6.18. The lowest BCUT2D eigenvalue weighted by molar-refractivity contribution is -0.112. The lowest BCUT2D eigenvalue weighted by Gasteiger charge is -2.02. The van der Waals surface area contributed by atoms with Crippen molar-refractivity contribution in [2.24, 2.45) is 5.73 Å². The Hall–Kier alpha value is -1.83. The molecule has 2 N–H and O–H groups in total. The minimum atomic E-state index is -0.405. The van der Waals surface area contributed by atoms with E-state index in [-0.39, 0.29) is 0 Å². The van der Waals surface area contributed by atoms with Crippen molar-refractivity contribution in [3.8, 4) is 0 Å². The first-order valence-corrected chi connectivity index (χ1v) is 4.42. The molecule has 0 aliphatic carbocycles. The maximum atomic E-state index is 11.1. The van der Waals surface area contributed by atoms with E-state index < -0.39 is 5.91 Å². The fraction of sp³-hybridized carbons (Fsp3) is 0.0833. The van der Waals surface area contributed by atoms with Crippen LogP contribution in [0.1, 0.15) is 12.0 Å². The molecule has 0 spiro atoms. The maximum absolute atomic E-state index is 11.1. The molecular formula is C12H13NO. The lowest BCUT2D eigenvalue weighted by atomic mass is 10.0. The SMILES string of the molecule is C=CCC=C(C(N)=O)c1ccccc1. The monoisotopic (exact) mass is 187 g/mol. The fourth-order valence-corrected chi connectivity index (χ4v) is 1.18. The fourth-order valence-electron chi connectivity index (χ4n) is 1.18. The summed E-state index contributed by atoms with van der Waals surface area (Å²) >= 11 is 0. The van der Waals surface area contributed by atoms with Gasteiger partial charge in [-0.3, -0.25) is 4.79 Å². The molecule has 0 aromatic heterocycles. The topological polar surface area (TPSA) is 43.1 Å². The van der Waals surface area contributed by atoms with E-state index in [0.717, 1.165) is 5.56 Å². The Bertz CT molecular complexity index is 352. The number of hydrogen-bond acceptors (Lipinski definition) is 1. The summed E-state index contributed by atoms with van der Waals surface area (Å²) in [6.45, 7) is 3.59. The number of rotatable bonds is 4. The summed E-state index contributed by atoms with van der Waals surface area (Å²) in [6, 6.07) is 9.37. The molecule has 0 saturated heterocycles. The first-order chi connectivity index (χ1) is 6.75. The molecule has 0 aliphatic rings. The van der Waals surface area contributed by atoms with Crippen molar-refractivity contribution < 1.29 is 4.79 Å². The van der Waals surface area contributed by atoms with Crippen LogP contribution in [0.15, 0.2) is 49.1 Å². The van der Waals surface area contributed by atoms with Gasteiger partial charge in [-0.2, -0.15) is 0 Å². The van der Waals surface area contributed by atoms with Gasteiger partial charge >= 0.3 is 0 Å². The predicted molar refractivity (Wildman–Crippen MR) is 58.4 cm³/mol. The molecule has 0 unspecified atom stereocenters. The molecule has 1 rings (SSSR count). The van der Waals surface area contributed by atoms with Crippen LogP contribution in [-0.2, 0) is 4.79 Å². The van der Waals surface area contributed by atoms with Crippen LogP contribution in [0.4, 0.5) is 0 Å². The van der Waals surface area contributed by atoms with Crippen LogP contribution in [0.2, 0.25) is 0 Å². The number of carbonyl (C=O) groups is 1. The molecule has 0 atom stereocenters. The first kappa shape index (κ1) is 10.3. The Balaban J connectivity index is 3.01. The Labute approximate surface area is 83.7 Å². The molecule has 0 fully saturated rings. The molecule has 0 aliphatic heterocycles. The third-order valence-electron chi connectivity index (χ3n) is 1.84. The van der Waals surface area contributed by atoms with E-state index in [0.29, 0.717) is 12.0 Å². The molecule has 2 heteroatoms. The smallest absolute Gasteiger partial charge is 0.248 e. The average molecular weight is 187 g/mol. The van der Waals surface area contributed by atoms with Gasteiger partial charge in [0.2, 0.25) is 5.91 Å². The van der Waals surface area contributed by atoms with Gasteiger partial charge in [0.15, 0.2) is 0 Å². The van der Waals surface area contributed by atoms with Gasteiger partial charge in [0, 0.05) is 5.57 Å². The molecule has 0 bridgehead atoms. The number of carbonyl (C=O) groups excluding carboxylic acids is 1. The Morgan fingerprint density at radius 3 is 2.50 bits per heavy atom. The second-order valence-corrected chi connectivity index (χ2v) is 2.87. The van der Waals surface area contributed by atoms with Crippen molar-refractivity contribution in [1.82, 2.24) is 0 Å². The minimum absolute atomic E-state index is 0.405. The molecule has 1 amide bonds. The highest BCUT2D eigenvalue weighted by Crippen LogP contribution is 2.13.